The van der Waals surface area contributed by atoms with Crippen LogP contribution in [0.15, 0.2) is 4.52 Å². The Morgan fingerprint density at radius 2 is 2.31 bits per heavy atom. The number of hydrogen-bond donors (Lipinski definition) is 1. The van der Waals surface area contributed by atoms with E-state index >= 15 is 0 Å². The van der Waals surface area contributed by atoms with Gasteiger partial charge in [-0.1, -0.05) is 24.9 Å². The van der Waals surface area contributed by atoms with Gasteiger partial charge in [-0.2, -0.15) is 0 Å². The molecule has 0 spiro atoms. The van der Waals surface area contributed by atoms with Crippen LogP contribution in [0, 0.1) is 17.0 Å². The molecule has 0 radical (unpaired) electrons. The molecule has 0 unspecified atom stereocenters. The van der Waals surface area contributed by atoms with Gasteiger partial charge in [-0.15, -0.1) is 0 Å². The summed E-state index contributed by atoms with van der Waals surface area (Å²) < 4.78 is 4.86. The van der Waals surface area contributed by atoms with E-state index in [9.17, 15) is 15.2 Å². The van der Waals surface area contributed by atoms with Crippen LogP contribution in [0.2, 0.25) is 0 Å². The lowest BCUT2D eigenvalue weighted by Gasteiger charge is -2.06. The molecule has 6 heteroatoms. The molecule has 1 heterocycles. The van der Waals surface area contributed by atoms with Crippen molar-refractivity contribution in [3.05, 3.63) is 21.6 Å². The van der Waals surface area contributed by atoms with Crippen LogP contribution in [0.5, 0.6) is 0 Å². The Labute approximate surface area is 93.4 Å². The number of aliphatic hydroxyl groups excluding tert-OH is 1. The fourth-order valence-electron chi connectivity index (χ4n) is 1.54. The highest BCUT2D eigenvalue weighted by Crippen LogP contribution is 2.24. The van der Waals surface area contributed by atoms with Gasteiger partial charge in [-0.25, -0.2) is 0 Å². The molecule has 0 aliphatic heterocycles. The molecule has 0 bridgehead atoms. The third-order valence-corrected chi connectivity index (χ3v) is 2.39. The lowest BCUT2D eigenvalue weighted by atomic mass is 10.1. The number of unbranched alkanes of at least 4 members (excludes halogenated alkanes) is 1. The maximum atomic E-state index is 10.7. The van der Waals surface area contributed by atoms with Gasteiger partial charge >= 0.3 is 5.69 Å². The Hall–Kier alpha value is -1.43. The highest BCUT2D eigenvalue weighted by molar-refractivity contribution is 5.37. The van der Waals surface area contributed by atoms with Crippen LogP contribution in [0.3, 0.4) is 0 Å². The number of hydrogen-bond acceptors (Lipinski definition) is 5. The largest absolute Gasteiger partial charge is 0.393 e. The predicted molar refractivity (Wildman–Crippen MR) is 57.1 cm³/mol. The molecular weight excluding hydrogens is 212 g/mol. The van der Waals surface area contributed by atoms with E-state index < -0.39 is 11.0 Å². The Bertz CT molecular complexity index is 362. The van der Waals surface area contributed by atoms with Gasteiger partial charge in [0.05, 0.1) is 11.0 Å². The second-order valence-corrected chi connectivity index (χ2v) is 3.80. The molecule has 16 heavy (non-hydrogen) atoms. The third kappa shape index (κ3) is 3.03. The van der Waals surface area contributed by atoms with Gasteiger partial charge in [0.1, 0.15) is 0 Å². The van der Waals surface area contributed by atoms with Gasteiger partial charge in [0.15, 0.2) is 5.69 Å². The summed E-state index contributed by atoms with van der Waals surface area (Å²) in [6.07, 6.45) is 2.03. The molecule has 0 aliphatic rings. The summed E-state index contributed by atoms with van der Waals surface area (Å²) in [7, 11) is 0. The first-order valence-electron chi connectivity index (χ1n) is 5.33. The first-order chi connectivity index (χ1) is 7.56. The van der Waals surface area contributed by atoms with Crippen LogP contribution in [-0.4, -0.2) is 21.3 Å². The van der Waals surface area contributed by atoms with Crippen molar-refractivity contribution in [2.24, 2.45) is 0 Å². The zero-order chi connectivity index (χ0) is 12.1. The fourth-order valence-corrected chi connectivity index (χ4v) is 1.54. The number of nitro groups is 1. The van der Waals surface area contributed by atoms with E-state index in [0.29, 0.717) is 6.42 Å². The molecule has 0 aliphatic carbocycles. The average Bonchev–Trinajstić information content (AvgIpc) is 2.56. The van der Waals surface area contributed by atoms with Crippen molar-refractivity contribution in [3.8, 4) is 0 Å². The van der Waals surface area contributed by atoms with Crippen molar-refractivity contribution in [2.75, 3.05) is 0 Å². The number of nitrogens with zero attached hydrogens (tertiary/aromatic N) is 2. The average molecular weight is 228 g/mol. The third-order valence-electron chi connectivity index (χ3n) is 2.39. The molecule has 1 N–H and O–H groups in total. The molecule has 1 atom stereocenters. The standard InChI is InChI=1S/C10H16N2O4/c1-3-4-5-8(13)6-9-10(12(14)15)7(2)11-16-9/h8,13H,3-6H2,1-2H3/t8-/m1/s1. The van der Waals surface area contributed by atoms with Gasteiger partial charge in [0, 0.05) is 6.42 Å². The van der Waals surface area contributed by atoms with Crippen LogP contribution in [-0.2, 0) is 6.42 Å². The smallest absolute Gasteiger partial charge is 0.334 e. The topological polar surface area (TPSA) is 89.4 Å². The predicted octanol–water partition coefficient (Wildman–Crippen LogP) is 1.98. The number of aromatic nitrogens is 1. The molecule has 90 valence electrons. The maximum Gasteiger partial charge on any atom is 0.334 e. The van der Waals surface area contributed by atoms with E-state index in [2.05, 4.69) is 5.16 Å². The van der Waals surface area contributed by atoms with Crippen LogP contribution < -0.4 is 0 Å². The Morgan fingerprint density at radius 1 is 1.62 bits per heavy atom. The summed E-state index contributed by atoms with van der Waals surface area (Å²) in [6.45, 7) is 3.54. The summed E-state index contributed by atoms with van der Waals surface area (Å²) in [5.74, 6) is 0.158. The first kappa shape index (κ1) is 12.6. The molecule has 1 aromatic rings. The lowest BCUT2D eigenvalue weighted by molar-refractivity contribution is -0.386. The molecule has 1 rings (SSSR count). The van der Waals surface area contributed by atoms with Gasteiger partial charge < -0.3 is 9.63 Å². The Morgan fingerprint density at radius 3 is 2.88 bits per heavy atom. The zero-order valence-electron chi connectivity index (χ0n) is 9.47. The number of aliphatic hydroxyl groups is 1. The van der Waals surface area contributed by atoms with Gasteiger partial charge in [0.25, 0.3) is 0 Å². The van der Waals surface area contributed by atoms with E-state index in [1.165, 1.54) is 6.92 Å². The summed E-state index contributed by atoms with van der Waals surface area (Å²) in [5, 5.41) is 23.9. The first-order valence-corrected chi connectivity index (χ1v) is 5.33. The molecule has 1 aromatic heterocycles. The minimum Gasteiger partial charge on any atom is -0.393 e. The van der Waals surface area contributed by atoms with Gasteiger partial charge in [0.2, 0.25) is 5.76 Å². The molecule has 6 nitrogen and oxygen atoms in total. The molecule has 0 saturated heterocycles. The lowest BCUT2D eigenvalue weighted by Crippen LogP contribution is -2.10. The fraction of sp³-hybridized carbons (Fsp3) is 0.700. The van der Waals surface area contributed by atoms with Crippen molar-refractivity contribution in [2.45, 2.75) is 45.6 Å². The normalized spacial score (nSPS) is 12.7. The Balaban J connectivity index is 2.70. The highest BCUT2D eigenvalue weighted by atomic mass is 16.6. The summed E-state index contributed by atoms with van der Waals surface area (Å²) in [5.41, 5.74) is 0.137. The summed E-state index contributed by atoms with van der Waals surface area (Å²) in [6, 6.07) is 0. The molecule has 0 saturated carbocycles. The van der Waals surface area contributed by atoms with Crippen molar-refractivity contribution in [3.63, 3.8) is 0 Å². The highest BCUT2D eigenvalue weighted by Gasteiger charge is 2.25. The van der Waals surface area contributed by atoms with E-state index in [4.69, 9.17) is 4.52 Å². The Kier molecular flexibility index (Phi) is 4.42. The van der Waals surface area contributed by atoms with Crippen molar-refractivity contribution >= 4 is 5.69 Å². The quantitative estimate of drug-likeness (QED) is 0.594. The minimum atomic E-state index is -0.606. The van der Waals surface area contributed by atoms with Crippen LogP contribution in [0.1, 0.15) is 37.6 Å². The summed E-state index contributed by atoms with van der Waals surface area (Å²) in [4.78, 5) is 10.2. The van der Waals surface area contributed by atoms with E-state index in [1.807, 2.05) is 6.92 Å². The zero-order valence-corrected chi connectivity index (χ0v) is 9.47. The maximum absolute atomic E-state index is 10.7. The molecule has 0 fully saturated rings. The van der Waals surface area contributed by atoms with Crippen LogP contribution in [0.4, 0.5) is 5.69 Å². The number of rotatable bonds is 6. The van der Waals surface area contributed by atoms with Crippen molar-refractivity contribution in [1.82, 2.24) is 5.16 Å². The SMILES string of the molecule is CCCC[C@@H](O)Cc1onc(C)c1[N+](=O)[O-]. The molecule has 0 amide bonds. The molecule has 0 aromatic carbocycles. The molecular formula is C10H16N2O4. The number of aryl methyl sites for hydroxylation is 1. The van der Waals surface area contributed by atoms with Crippen LogP contribution >= 0.6 is 0 Å². The second-order valence-electron chi connectivity index (χ2n) is 3.80. The summed E-state index contributed by atoms with van der Waals surface area (Å²) >= 11 is 0. The van der Waals surface area contributed by atoms with Gasteiger partial charge in [-0.3, -0.25) is 10.1 Å². The van der Waals surface area contributed by atoms with Crippen molar-refractivity contribution in [1.29, 1.82) is 0 Å². The van der Waals surface area contributed by atoms with Crippen LogP contribution in [0.25, 0.3) is 0 Å². The van der Waals surface area contributed by atoms with E-state index in [-0.39, 0.29) is 23.6 Å². The van der Waals surface area contributed by atoms with E-state index in [0.717, 1.165) is 12.8 Å². The van der Waals surface area contributed by atoms with E-state index in [1.54, 1.807) is 0 Å². The van der Waals surface area contributed by atoms with Gasteiger partial charge in [-0.05, 0) is 13.3 Å². The monoisotopic (exact) mass is 228 g/mol. The second kappa shape index (κ2) is 5.60. The minimum absolute atomic E-state index is 0.115. The van der Waals surface area contributed by atoms with Crippen molar-refractivity contribution < 1.29 is 14.6 Å².